The predicted octanol–water partition coefficient (Wildman–Crippen LogP) is 2.69. The Hall–Kier alpha value is -2.10. The number of aliphatic hydroxyl groups is 1. The molecular weight excluding hydrogens is 232 g/mol. The number of ketones is 1. The summed E-state index contributed by atoms with van der Waals surface area (Å²) in [6.07, 6.45) is 0.703. The number of aliphatic carboxylic acids is 1. The molecule has 0 spiro atoms. The number of aliphatic hydroxyl groups excluding tert-OH is 1. The zero-order valence-electron chi connectivity index (χ0n) is 10.6. The number of rotatable bonds is 3. The van der Waals surface area contributed by atoms with Crippen LogP contribution < -0.4 is 0 Å². The first-order chi connectivity index (χ1) is 8.21. The summed E-state index contributed by atoms with van der Waals surface area (Å²) in [5, 5.41) is 17.4. The monoisotopic (exact) mass is 248 g/mol. The first-order valence-electron chi connectivity index (χ1n) is 5.50. The van der Waals surface area contributed by atoms with Crippen LogP contribution in [-0.2, 0) is 10.2 Å². The summed E-state index contributed by atoms with van der Waals surface area (Å²) >= 11 is 0. The van der Waals surface area contributed by atoms with Crippen LogP contribution in [0.15, 0.2) is 36.1 Å². The Morgan fingerprint density at radius 1 is 1.06 bits per heavy atom. The molecule has 0 saturated heterocycles. The van der Waals surface area contributed by atoms with E-state index in [2.05, 4.69) is 20.8 Å². The molecule has 0 bridgehead atoms. The van der Waals surface area contributed by atoms with E-state index in [0.29, 0.717) is 11.6 Å². The van der Waals surface area contributed by atoms with Gasteiger partial charge in [-0.1, -0.05) is 45.0 Å². The minimum atomic E-state index is -1.52. The number of carboxylic acid groups (broad SMARTS) is 1. The minimum absolute atomic E-state index is 0.0133. The lowest BCUT2D eigenvalue weighted by Crippen LogP contribution is -2.11. The summed E-state index contributed by atoms with van der Waals surface area (Å²) in [7, 11) is 0. The van der Waals surface area contributed by atoms with Gasteiger partial charge >= 0.3 is 5.97 Å². The molecule has 1 aromatic carbocycles. The van der Waals surface area contributed by atoms with Gasteiger partial charge in [0, 0.05) is 11.6 Å². The fourth-order valence-corrected chi connectivity index (χ4v) is 1.40. The quantitative estimate of drug-likeness (QED) is 0.490. The number of hydrogen-bond acceptors (Lipinski definition) is 3. The molecule has 0 radical (unpaired) electrons. The molecule has 0 unspecified atom stereocenters. The summed E-state index contributed by atoms with van der Waals surface area (Å²) in [5.41, 5.74) is 1.40. The second kappa shape index (κ2) is 5.04. The topological polar surface area (TPSA) is 74.6 Å². The molecule has 0 saturated carbocycles. The van der Waals surface area contributed by atoms with Gasteiger partial charge in [0.1, 0.15) is 0 Å². The van der Waals surface area contributed by atoms with Crippen LogP contribution in [0.4, 0.5) is 0 Å². The van der Waals surface area contributed by atoms with Crippen LogP contribution in [0, 0.1) is 0 Å². The van der Waals surface area contributed by atoms with Gasteiger partial charge in [-0.05, 0) is 11.0 Å². The number of carbonyl (C=O) groups is 2. The van der Waals surface area contributed by atoms with Gasteiger partial charge in [0.25, 0.3) is 0 Å². The number of carbonyl (C=O) groups excluding carboxylic acids is 1. The Morgan fingerprint density at radius 2 is 1.56 bits per heavy atom. The highest BCUT2D eigenvalue weighted by Crippen LogP contribution is 2.22. The molecular formula is C14H16O4. The third-order valence-electron chi connectivity index (χ3n) is 2.52. The lowest BCUT2D eigenvalue weighted by Gasteiger charge is -2.18. The molecule has 1 rings (SSSR count). The van der Waals surface area contributed by atoms with Crippen LogP contribution >= 0.6 is 0 Å². The number of carboxylic acids is 1. The van der Waals surface area contributed by atoms with E-state index in [4.69, 9.17) is 10.2 Å². The fraction of sp³-hybridized carbons (Fsp3) is 0.286. The molecule has 0 aliphatic heterocycles. The lowest BCUT2D eigenvalue weighted by molar-refractivity contribution is -0.135. The molecule has 18 heavy (non-hydrogen) atoms. The maximum absolute atomic E-state index is 11.6. The van der Waals surface area contributed by atoms with Gasteiger partial charge < -0.3 is 10.2 Å². The van der Waals surface area contributed by atoms with Gasteiger partial charge in [0.2, 0.25) is 5.76 Å². The van der Waals surface area contributed by atoms with Crippen molar-refractivity contribution in [3.05, 3.63) is 47.2 Å². The molecule has 0 heterocycles. The standard InChI is InChI=1S/C14H16O4/c1-14(2,3)10-6-4-9(5-7-10)11(15)8-12(16)13(17)18/h4-8,16H,1-3H3,(H,17,18). The summed E-state index contributed by atoms with van der Waals surface area (Å²) in [5.74, 6) is -3.01. The largest absolute Gasteiger partial charge is 0.502 e. The average molecular weight is 248 g/mol. The van der Waals surface area contributed by atoms with Gasteiger partial charge in [-0.25, -0.2) is 4.79 Å². The normalized spacial score (nSPS) is 12.3. The number of allylic oxidation sites excluding steroid dienone is 1. The molecule has 0 aliphatic carbocycles. The van der Waals surface area contributed by atoms with Crippen molar-refractivity contribution >= 4 is 11.8 Å². The molecule has 0 atom stereocenters. The summed E-state index contributed by atoms with van der Waals surface area (Å²) in [6.45, 7) is 6.17. The summed E-state index contributed by atoms with van der Waals surface area (Å²) in [6, 6.07) is 6.88. The van der Waals surface area contributed by atoms with E-state index in [9.17, 15) is 9.59 Å². The predicted molar refractivity (Wildman–Crippen MR) is 67.8 cm³/mol. The number of benzene rings is 1. The third-order valence-corrected chi connectivity index (χ3v) is 2.52. The highest BCUT2D eigenvalue weighted by atomic mass is 16.4. The van der Waals surface area contributed by atoms with E-state index in [1.54, 1.807) is 12.1 Å². The van der Waals surface area contributed by atoms with Crippen molar-refractivity contribution in [3.8, 4) is 0 Å². The first kappa shape index (κ1) is 14.0. The highest BCUT2D eigenvalue weighted by Gasteiger charge is 2.14. The minimum Gasteiger partial charge on any atom is -0.502 e. The Labute approximate surface area is 106 Å². The van der Waals surface area contributed by atoms with E-state index in [-0.39, 0.29) is 5.41 Å². The van der Waals surface area contributed by atoms with Crippen molar-refractivity contribution in [2.24, 2.45) is 0 Å². The highest BCUT2D eigenvalue weighted by molar-refractivity contribution is 6.07. The maximum Gasteiger partial charge on any atom is 0.371 e. The van der Waals surface area contributed by atoms with Crippen LogP contribution in [0.25, 0.3) is 0 Å². The Balaban J connectivity index is 2.97. The van der Waals surface area contributed by atoms with Crippen molar-refractivity contribution in [3.63, 3.8) is 0 Å². The van der Waals surface area contributed by atoms with E-state index < -0.39 is 17.5 Å². The second-order valence-electron chi connectivity index (χ2n) is 5.03. The first-order valence-corrected chi connectivity index (χ1v) is 5.50. The van der Waals surface area contributed by atoms with E-state index in [1.165, 1.54) is 0 Å². The van der Waals surface area contributed by atoms with Gasteiger partial charge in [-0.15, -0.1) is 0 Å². The van der Waals surface area contributed by atoms with E-state index in [0.717, 1.165) is 5.56 Å². The Kier molecular flexibility index (Phi) is 3.91. The Bertz CT molecular complexity index is 490. The molecule has 96 valence electrons. The lowest BCUT2D eigenvalue weighted by atomic mass is 9.86. The van der Waals surface area contributed by atoms with Gasteiger partial charge in [0.15, 0.2) is 5.78 Å². The smallest absolute Gasteiger partial charge is 0.371 e. The zero-order chi connectivity index (χ0) is 13.9. The average Bonchev–Trinajstić information content (AvgIpc) is 2.27. The molecule has 4 nitrogen and oxygen atoms in total. The van der Waals surface area contributed by atoms with Crippen molar-refractivity contribution in [1.29, 1.82) is 0 Å². The number of hydrogen-bond donors (Lipinski definition) is 2. The molecule has 4 heteroatoms. The van der Waals surface area contributed by atoms with Crippen molar-refractivity contribution in [2.45, 2.75) is 26.2 Å². The SMILES string of the molecule is CC(C)(C)c1ccc(C(=O)C=C(O)C(=O)O)cc1. The van der Waals surface area contributed by atoms with Gasteiger partial charge in [-0.2, -0.15) is 0 Å². The Morgan fingerprint density at radius 3 is 1.94 bits per heavy atom. The van der Waals surface area contributed by atoms with Crippen LogP contribution in [0.1, 0.15) is 36.7 Å². The van der Waals surface area contributed by atoms with Crippen molar-refractivity contribution < 1.29 is 19.8 Å². The van der Waals surface area contributed by atoms with E-state index >= 15 is 0 Å². The molecule has 0 fully saturated rings. The third kappa shape index (κ3) is 3.45. The molecule has 0 aliphatic rings. The van der Waals surface area contributed by atoms with Crippen LogP contribution in [0.5, 0.6) is 0 Å². The maximum atomic E-state index is 11.6. The zero-order valence-corrected chi connectivity index (χ0v) is 10.6. The van der Waals surface area contributed by atoms with Crippen LogP contribution in [0.2, 0.25) is 0 Å². The van der Waals surface area contributed by atoms with Crippen molar-refractivity contribution in [1.82, 2.24) is 0 Å². The van der Waals surface area contributed by atoms with E-state index in [1.807, 2.05) is 12.1 Å². The molecule has 1 aromatic rings. The molecule has 0 amide bonds. The van der Waals surface area contributed by atoms with Gasteiger partial charge in [-0.3, -0.25) is 4.79 Å². The molecule has 0 aromatic heterocycles. The molecule has 2 N–H and O–H groups in total. The fourth-order valence-electron chi connectivity index (χ4n) is 1.40. The van der Waals surface area contributed by atoms with Gasteiger partial charge in [0.05, 0.1) is 0 Å². The van der Waals surface area contributed by atoms with Crippen molar-refractivity contribution in [2.75, 3.05) is 0 Å². The summed E-state index contributed by atoms with van der Waals surface area (Å²) < 4.78 is 0. The van der Waals surface area contributed by atoms with Crippen LogP contribution in [-0.4, -0.2) is 22.0 Å². The second-order valence-corrected chi connectivity index (χ2v) is 5.03. The summed E-state index contributed by atoms with van der Waals surface area (Å²) in [4.78, 5) is 22.0. The van der Waals surface area contributed by atoms with Crippen LogP contribution in [0.3, 0.4) is 0 Å².